The summed E-state index contributed by atoms with van der Waals surface area (Å²) in [5.41, 5.74) is 8.92. The van der Waals surface area contributed by atoms with Crippen molar-refractivity contribution in [2.75, 3.05) is 0 Å². The lowest BCUT2D eigenvalue weighted by atomic mass is 9.69. The molecule has 0 atom stereocenters. The van der Waals surface area contributed by atoms with Gasteiger partial charge in [0.05, 0.1) is 16.8 Å². The van der Waals surface area contributed by atoms with Gasteiger partial charge in [-0.25, -0.2) is 0 Å². The van der Waals surface area contributed by atoms with E-state index in [2.05, 4.69) is 96.0 Å². The minimum atomic E-state index is -0.473. The van der Waals surface area contributed by atoms with Crippen LogP contribution in [-0.2, 0) is 5.41 Å². The molecule has 146 valence electrons. The van der Waals surface area contributed by atoms with Crippen LogP contribution in [-0.4, -0.2) is 9.97 Å². The highest BCUT2D eigenvalue weighted by Gasteiger charge is 2.46. The van der Waals surface area contributed by atoms with Crippen molar-refractivity contribution >= 4 is 0 Å². The van der Waals surface area contributed by atoms with Gasteiger partial charge in [0, 0.05) is 18.0 Å². The summed E-state index contributed by atoms with van der Waals surface area (Å²) >= 11 is 0. The van der Waals surface area contributed by atoms with Gasteiger partial charge in [0.2, 0.25) is 0 Å². The van der Waals surface area contributed by atoms with E-state index in [4.69, 9.17) is 4.98 Å². The van der Waals surface area contributed by atoms with Gasteiger partial charge in [0.15, 0.2) is 0 Å². The third-order valence-electron chi connectivity index (χ3n) is 6.26. The Hall–Kier alpha value is -4.04. The van der Waals surface area contributed by atoms with E-state index in [1.165, 1.54) is 27.8 Å². The van der Waals surface area contributed by atoms with Crippen LogP contribution in [0.1, 0.15) is 22.4 Å². The fourth-order valence-electron chi connectivity index (χ4n) is 5.00. The van der Waals surface area contributed by atoms with Crippen molar-refractivity contribution in [2.45, 2.75) is 5.41 Å². The first-order valence-corrected chi connectivity index (χ1v) is 10.5. The number of aromatic nitrogens is 2. The first kappa shape index (κ1) is 17.8. The fourth-order valence-corrected chi connectivity index (χ4v) is 5.00. The average Bonchev–Trinajstić information content (AvgIpc) is 3.17. The number of rotatable bonds is 3. The normalized spacial score (nSPS) is 13.4. The second kappa shape index (κ2) is 7.03. The molecule has 0 spiro atoms. The summed E-state index contributed by atoms with van der Waals surface area (Å²) in [6.45, 7) is 0. The van der Waals surface area contributed by atoms with E-state index < -0.39 is 5.41 Å². The van der Waals surface area contributed by atoms with E-state index in [1.807, 2.05) is 30.6 Å². The molecule has 0 saturated heterocycles. The minimum absolute atomic E-state index is 0.473. The van der Waals surface area contributed by atoms with Gasteiger partial charge in [-0.1, -0.05) is 78.9 Å². The summed E-state index contributed by atoms with van der Waals surface area (Å²) in [6.07, 6.45) is 3.74. The highest BCUT2D eigenvalue weighted by atomic mass is 14.7. The maximum absolute atomic E-state index is 4.89. The Morgan fingerprint density at radius 1 is 0.516 bits per heavy atom. The van der Waals surface area contributed by atoms with Crippen molar-refractivity contribution in [3.05, 3.63) is 144 Å². The maximum atomic E-state index is 4.89. The molecular weight excluding hydrogens is 376 g/mol. The fraction of sp³-hybridized carbons (Fsp3) is 0.0345. The maximum Gasteiger partial charge on any atom is 0.0886 e. The number of fused-ring (bicyclic) bond motifs is 3. The monoisotopic (exact) mass is 396 g/mol. The largest absolute Gasteiger partial charge is 0.260 e. The molecule has 0 N–H and O–H groups in total. The smallest absolute Gasteiger partial charge is 0.0886 e. The molecule has 31 heavy (non-hydrogen) atoms. The zero-order chi connectivity index (χ0) is 20.7. The lowest BCUT2D eigenvalue weighted by Gasteiger charge is -2.32. The molecule has 6 rings (SSSR count). The first-order chi connectivity index (χ1) is 15.4. The first-order valence-electron chi connectivity index (χ1n) is 10.5. The predicted octanol–water partition coefficient (Wildman–Crippen LogP) is 6.51. The van der Waals surface area contributed by atoms with Crippen LogP contribution < -0.4 is 0 Å². The molecule has 0 fully saturated rings. The van der Waals surface area contributed by atoms with Crippen LogP contribution in [0.3, 0.4) is 0 Å². The summed E-state index contributed by atoms with van der Waals surface area (Å²) in [5, 5.41) is 0. The highest BCUT2D eigenvalue weighted by molar-refractivity contribution is 5.86. The van der Waals surface area contributed by atoms with E-state index in [-0.39, 0.29) is 0 Å². The Bertz CT molecular complexity index is 1330. The van der Waals surface area contributed by atoms with Crippen LogP contribution in [0.4, 0.5) is 0 Å². The average molecular weight is 396 g/mol. The summed E-state index contributed by atoms with van der Waals surface area (Å²) in [6, 6.07) is 38.4. The third kappa shape index (κ3) is 2.58. The second-order valence-corrected chi connectivity index (χ2v) is 7.85. The van der Waals surface area contributed by atoms with Crippen LogP contribution in [0.15, 0.2) is 122 Å². The van der Waals surface area contributed by atoms with E-state index >= 15 is 0 Å². The Balaban J connectivity index is 1.72. The van der Waals surface area contributed by atoms with Crippen molar-refractivity contribution < 1.29 is 0 Å². The molecule has 5 aromatic rings. The molecule has 0 amide bonds. The van der Waals surface area contributed by atoms with Crippen LogP contribution in [0.2, 0.25) is 0 Å². The molecule has 2 aromatic heterocycles. The van der Waals surface area contributed by atoms with Gasteiger partial charge < -0.3 is 0 Å². The summed E-state index contributed by atoms with van der Waals surface area (Å²) in [4.78, 5) is 9.48. The summed E-state index contributed by atoms with van der Waals surface area (Å²) in [7, 11) is 0. The van der Waals surface area contributed by atoms with E-state index in [0.29, 0.717) is 0 Å². The zero-order valence-corrected chi connectivity index (χ0v) is 16.9. The standard InChI is InChI=1S/C29H20N2/c1-3-14-25-23(12-1)24-13-2-4-15-26(24)29(25,28-17-6-8-19-31-28)22-11-9-10-21(20-22)27-16-5-7-18-30-27/h1-20H. The quantitative estimate of drug-likeness (QED) is 0.341. The zero-order valence-electron chi connectivity index (χ0n) is 16.9. The molecular formula is C29H20N2. The van der Waals surface area contributed by atoms with Crippen LogP contribution in [0, 0.1) is 0 Å². The molecule has 1 aliphatic rings. The Morgan fingerprint density at radius 3 is 1.81 bits per heavy atom. The molecule has 0 bridgehead atoms. The van der Waals surface area contributed by atoms with Gasteiger partial charge in [-0.05, 0) is 58.1 Å². The SMILES string of the molecule is c1ccc(-c2cccc(C3(c4ccccn4)c4ccccc4-c4ccccc43)c2)nc1. The number of benzene rings is 3. The van der Waals surface area contributed by atoms with Crippen molar-refractivity contribution in [2.24, 2.45) is 0 Å². The lowest BCUT2D eigenvalue weighted by molar-refractivity contribution is 0.735. The predicted molar refractivity (Wildman–Crippen MR) is 125 cm³/mol. The highest BCUT2D eigenvalue weighted by Crippen LogP contribution is 2.55. The lowest BCUT2D eigenvalue weighted by Crippen LogP contribution is -2.29. The molecule has 2 heterocycles. The second-order valence-electron chi connectivity index (χ2n) is 7.85. The Morgan fingerprint density at radius 2 is 1.16 bits per heavy atom. The van der Waals surface area contributed by atoms with E-state index in [0.717, 1.165) is 17.0 Å². The molecule has 2 heteroatoms. The van der Waals surface area contributed by atoms with Crippen molar-refractivity contribution in [1.82, 2.24) is 9.97 Å². The molecule has 0 saturated carbocycles. The van der Waals surface area contributed by atoms with Crippen molar-refractivity contribution in [3.63, 3.8) is 0 Å². The minimum Gasteiger partial charge on any atom is -0.260 e. The van der Waals surface area contributed by atoms with Gasteiger partial charge in [-0.3, -0.25) is 9.97 Å². The van der Waals surface area contributed by atoms with E-state index in [9.17, 15) is 0 Å². The number of pyridine rings is 2. The molecule has 1 aliphatic carbocycles. The van der Waals surface area contributed by atoms with Gasteiger partial charge in [-0.2, -0.15) is 0 Å². The van der Waals surface area contributed by atoms with Gasteiger partial charge in [-0.15, -0.1) is 0 Å². The number of nitrogens with zero attached hydrogens (tertiary/aromatic N) is 2. The summed E-state index contributed by atoms with van der Waals surface area (Å²) in [5.74, 6) is 0. The molecule has 0 aliphatic heterocycles. The van der Waals surface area contributed by atoms with Crippen LogP contribution in [0.25, 0.3) is 22.4 Å². The molecule has 2 nitrogen and oxygen atoms in total. The Labute approximate surface area is 181 Å². The van der Waals surface area contributed by atoms with Gasteiger partial charge in [0.1, 0.15) is 0 Å². The summed E-state index contributed by atoms with van der Waals surface area (Å²) < 4.78 is 0. The molecule has 3 aromatic carbocycles. The van der Waals surface area contributed by atoms with Crippen molar-refractivity contribution in [3.8, 4) is 22.4 Å². The molecule has 0 radical (unpaired) electrons. The molecule has 0 unspecified atom stereocenters. The third-order valence-corrected chi connectivity index (χ3v) is 6.26. The van der Waals surface area contributed by atoms with E-state index in [1.54, 1.807) is 0 Å². The van der Waals surface area contributed by atoms with Crippen LogP contribution >= 0.6 is 0 Å². The van der Waals surface area contributed by atoms with Gasteiger partial charge in [0.25, 0.3) is 0 Å². The van der Waals surface area contributed by atoms with Crippen molar-refractivity contribution in [1.29, 1.82) is 0 Å². The number of hydrogen-bond donors (Lipinski definition) is 0. The van der Waals surface area contributed by atoms with Gasteiger partial charge >= 0.3 is 0 Å². The topological polar surface area (TPSA) is 25.8 Å². The number of hydrogen-bond acceptors (Lipinski definition) is 2. The Kier molecular flexibility index (Phi) is 4.03. The van der Waals surface area contributed by atoms with Crippen LogP contribution in [0.5, 0.6) is 0 Å².